The van der Waals surface area contributed by atoms with Gasteiger partial charge in [-0.25, -0.2) is 0 Å². The molecule has 0 spiro atoms. The van der Waals surface area contributed by atoms with Crippen LogP contribution in [0.4, 0.5) is 0 Å². The Bertz CT molecular complexity index is 514. The summed E-state index contributed by atoms with van der Waals surface area (Å²) < 4.78 is 0. The van der Waals surface area contributed by atoms with E-state index in [0.29, 0.717) is 6.42 Å². The molecule has 2 fully saturated rings. The number of hydrogen-bond acceptors (Lipinski definition) is 2. The SMILES string of the molecule is CN1C(=O)[C@@H]2CCCCN2C(=O)[C@@H]1Cc1ccccc1. The molecule has 0 saturated carbocycles. The van der Waals surface area contributed by atoms with Gasteiger partial charge < -0.3 is 9.80 Å². The summed E-state index contributed by atoms with van der Waals surface area (Å²) in [5, 5.41) is 0. The second kappa shape index (κ2) is 5.27. The van der Waals surface area contributed by atoms with E-state index in [0.717, 1.165) is 31.4 Å². The van der Waals surface area contributed by atoms with Gasteiger partial charge in [0.1, 0.15) is 12.1 Å². The lowest BCUT2D eigenvalue weighted by atomic mass is 9.93. The summed E-state index contributed by atoms with van der Waals surface area (Å²) in [4.78, 5) is 28.5. The smallest absolute Gasteiger partial charge is 0.246 e. The number of piperazine rings is 1. The van der Waals surface area contributed by atoms with Crippen LogP contribution in [-0.4, -0.2) is 47.3 Å². The fourth-order valence-electron chi connectivity index (χ4n) is 3.26. The van der Waals surface area contributed by atoms with Gasteiger partial charge in [-0.15, -0.1) is 0 Å². The third-order valence-electron chi connectivity index (χ3n) is 4.44. The van der Waals surface area contributed by atoms with Crippen LogP contribution in [0.2, 0.25) is 0 Å². The minimum atomic E-state index is -0.348. The Morgan fingerprint density at radius 2 is 1.85 bits per heavy atom. The molecule has 4 nitrogen and oxygen atoms in total. The number of likely N-dealkylation sites (N-methyl/N-ethyl adjacent to an activating group) is 1. The Hall–Kier alpha value is -1.84. The molecule has 2 aliphatic heterocycles. The van der Waals surface area contributed by atoms with Gasteiger partial charge in [-0.3, -0.25) is 9.59 Å². The van der Waals surface area contributed by atoms with E-state index in [4.69, 9.17) is 0 Å². The van der Waals surface area contributed by atoms with E-state index in [1.54, 1.807) is 16.8 Å². The van der Waals surface area contributed by atoms with Crippen LogP contribution in [0, 0.1) is 0 Å². The van der Waals surface area contributed by atoms with E-state index in [2.05, 4.69) is 0 Å². The van der Waals surface area contributed by atoms with Crippen molar-refractivity contribution in [1.82, 2.24) is 9.80 Å². The summed E-state index contributed by atoms with van der Waals surface area (Å²) in [6.45, 7) is 0.731. The molecule has 0 radical (unpaired) electrons. The Morgan fingerprint density at radius 3 is 2.60 bits per heavy atom. The highest BCUT2D eigenvalue weighted by Crippen LogP contribution is 2.26. The summed E-state index contributed by atoms with van der Waals surface area (Å²) in [7, 11) is 1.76. The van der Waals surface area contributed by atoms with Crippen molar-refractivity contribution in [2.24, 2.45) is 0 Å². The Morgan fingerprint density at radius 1 is 1.10 bits per heavy atom. The van der Waals surface area contributed by atoms with Gasteiger partial charge in [-0.1, -0.05) is 30.3 Å². The van der Waals surface area contributed by atoms with Crippen molar-refractivity contribution in [2.75, 3.05) is 13.6 Å². The molecule has 0 unspecified atom stereocenters. The predicted molar refractivity (Wildman–Crippen MR) is 76.1 cm³/mol. The largest absolute Gasteiger partial charge is 0.332 e. The second-order valence-corrected chi connectivity index (χ2v) is 5.70. The monoisotopic (exact) mass is 272 g/mol. The van der Waals surface area contributed by atoms with Crippen LogP contribution >= 0.6 is 0 Å². The van der Waals surface area contributed by atoms with Crippen LogP contribution in [0.1, 0.15) is 24.8 Å². The highest BCUT2D eigenvalue weighted by molar-refractivity contribution is 5.97. The molecule has 2 heterocycles. The van der Waals surface area contributed by atoms with Crippen LogP contribution in [0.15, 0.2) is 30.3 Å². The van der Waals surface area contributed by atoms with E-state index in [1.807, 2.05) is 30.3 Å². The summed E-state index contributed by atoms with van der Waals surface area (Å²) in [6.07, 6.45) is 3.47. The maximum atomic E-state index is 12.7. The molecule has 2 aliphatic rings. The van der Waals surface area contributed by atoms with Gasteiger partial charge in [0, 0.05) is 20.0 Å². The molecule has 2 atom stereocenters. The molecule has 106 valence electrons. The zero-order valence-electron chi connectivity index (χ0n) is 11.8. The average Bonchev–Trinajstić information content (AvgIpc) is 2.50. The van der Waals surface area contributed by atoms with Crippen LogP contribution in [-0.2, 0) is 16.0 Å². The molecule has 4 heteroatoms. The molecule has 2 amide bonds. The summed E-state index contributed by atoms with van der Waals surface area (Å²) in [6, 6.07) is 9.35. The van der Waals surface area contributed by atoms with Gasteiger partial charge in [0.2, 0.25) is 11.8 Å². The number of carbonyl (C=O) groups excluding carboxylic acids is 2. The van der Waals surface area contributed by atoms with E-state index in [9.17, 15) is 9.59 Å². The van der Waals surface area contributed by atoms with Crippen molar-refractivity contribution in [3.8, 4) is 0 Å². The number of benzene rings is 1. The average molecular weight is 272 g/mol. The van der Waals surface area contributed by atoms with E-state index >= 15 is 0 Å². The Kier molecular flexibility index (Phi) is 3.47. The van der Waals surface area contributed by atoms with Crippen LogP contribution in [0.3, 0.4) is 0 Å². The maximum absolute atomic E-state index is 12.7. The van der Waals surface area contributed by atoms with Crippen LogP contribution in [0.25, 0.3) is 0 Å². The predicted octanol–water partition coefficient (Wildman–Crippen LogP) is 1.45. The van der Waals surface area contributed by atoms with Crippen molar-refractivity contribution < 1.29 is 9.59 Å². The first-order chi connectivity index (χ1) is 9.68. The maximum Gasteiger partial charge on any atom is 0.246 e. The molecule has 3 rings (SSSR count). The fraction of sp³-hybridized carbons (Fsp3) is 0.500. The highest BCUT2D eigenvalue weighted by Gasteiger charge is 2.44. The molecule has 0 aromatic heterocycles. The molecular weight excluding hydrogens is 252 g/mol. The highest BCUT2D eigenvalue weighted by atomic mass is 16.2. The third-order valence-corrected chi connectivity index (χ3v) is 4.44. The van der Waals surface area contributed by atoms with Gasteiger partial charge in [0.05, 0.1) is 0 Å². The minimum absolute atomic E-state index is 0.102. The fourth-order valence-corrected chi connectivity index (χ4v) is 3.26. The lowest BCUT2D eigenvalue weighted by Crippen LogP contribution is -2.65. The minimum Gasteiger partial charge on any atom is -0.332 e. The van der Waals surface area contributed by atoms with Gasteiger partial charge in [-0.2, -0.15) is 0 Å². The zero-order chi connectivity index (χ0) is 14.1. The lowest BCUT2D eigenvalue weighted by Gasteiger charge is -2.45. The number of carbonyl (C=O) groups is 2. The number of rotatable bonds is 2. The van der Waals surface area contributed by atoms with Crippen molar-refractivity contribution in [3.63, 3.8) is 0 Å². The van der Waals surface area contributed by atoms with Gasteiger partial charge in [0.15, 0.2) is 0 Å². The van der Waals surface area contributed by atoms with Crippen molar-refractivity contribution in [2.45, 2.75) is 37.8 Å². The van der Waals surface area contributed by atoms with Gasteiger partial charge in [0.25, 0.3) is 0 Å². The normalized spacial score (nSPS) is 26.6. The van der Waals surface area contributed by atoms with Crippen molar-refractivity contribution in [1.29, 1.82) is 0 Å². The first-order valence-corrected chi connectivity index (χ1v) is 7.29. The number of amides is 2. The number of hydrogen-bond donors (Lipinski definition) is 0. The Balaban J connectivity index is 1.83. The molecule has 0 N–H and O–H groups in total. The summed E-state index contributed by atoms with van der Waals surface area (Å²) in [5.41, 5.74) is 1.10. The summed E-state index contributed by atoms with van der Waals surface area (Å²) in [5.74, 6) is 0.214. The van der Waals surface area contributed by atoms with E-state index in [1.165, 1.54) is 0 Å². The molecule has 1 aromatic rings. The van der Waals surface area contributed by atoms with Gasteiger partial charge >= 0.3 is 0 Å². The van der Waals surface area contributed by atoms with Gasteiger partial charge in [-0.05, 0) is 24.8 Å². The second-order valence-electron chi connectivity index (χ2n) is 5.70. The summed E-state index contributed by atoms with van der Waals surface area (Å²) >= 11 is 0. The van der Waals surface area contributed by atoms with Crippen LogP contribution in [0.5, 0.6) is 0 Å². The molecule has 20 heavy (non-hydrogen) atoms. The first-order valence-electron chi connectivity index (χ1n) is 7.29. The third kappa shape index (κ3) is 2.19. The van der Waals surface area contributed by atoms with Crippen molar-refractivity contribution in [3.05, 3.63) is 35.9 Å². The van der Waals surface area contributed by atoms with Crippen LogP contribution < -0.4 is 0 Å². The van der Waals surface area contributed by atoms with Crippen molar-refractivity contribution >= 4 is 11.8 Å². The zero-order valence-corrected chi connectivity index (χ0v) is 11.8. The molecule has 2 saturated heterocycles. The molecular formula is C16H20N2O2. The number of nitrogens with zero attached hydrogens (tertiary/aromatic N) is 2. The molecule has 0 aliphatic carbocycles. The quantitative estimate of drug-likeness (QED) is 0.817. The first kappa shape index (κ1) is 13.2. The standard InChI is InChI=1S/C16H20N2O2/c1-17-14(11-12-7-3-2-4-8-12)16(20)18-10-6-5-9-13(18)15(17)19/h2-4,7-8,13-14H,5-6,9-11H2,1H3/t13-,14-/m0/s1. The topological polar surface area (TPSA) is 40.6 Å². The van der Waals surface area contributed by atoms with E-state index in [-0.39, 0.29) is 23.9 Å². The number of piperidine rings is 1. The molecule has 0 bridgehead atoms. The molecule has 1 aromatic carbocycles. The Labute approximate surface area is 119 Å². The van der Waals surface area contributed by atoms with E-state index < -0.39 is 0 Å². The number of fused-ring (bicyclic) bond motifs is 1. The lowest BCUT2D eigenvalue weighted by molar-refractivity contribution is -0.162.